The van der Waals surface area contributed by atoms with Crippen LogP contribution in [0, 0.1) is 0 Å². The minimum absolute atomic E-state index is 0.233. The first-order chi connectivity index (χ1) is 14.5. The van der Waals surface area contributed by atoms with Crippen molar-refractivity contribution in [2.24, 2.45) is 5.16 Å². The third kappa shape index (κ3) is 6.25. The summed E-state index contributed by atoms with van der Waals surface area (Å²) in [5.74, 6) is 1.30. The standard InChI is InChI=1S/C22H24N2O5S/c1-3-27-18-10-6-17(7-11-18)15(2)24-29-13-12-28-19-8-4-16(5-9-19)14-20-21(25)23-22(26)30-20/h4-11,20H,3,12-14H2,1-2H3,(H,23,25,26)/b24-15-. The maximum Gasteiger partial charge on any atom is 0.286 e. The van der Waals surface area contributed by atoms with Gasteiger partial charge in [-0.15, -0.1) is 0 Å². The fourth-order valence-electron chi connectivity index (χ4n) is 2.81. The molecular weight excluding hydrogens is 404 g/mol. The van der Waals surface area contributed by atoms with E-state index in [1.165, 1.54) is 0 Å². The predicted molar refractivity (Wildman–Crippen MR) is 116 cm³/mol. The van der Waals surface area contributed by atoms with Crippen molar-refractivity contribution >= 4 is 28.6 Å². The molecule has 0 bridgehead atoms. The largest absolute Gasteiger partial charge is 0.494 e. The van der Waals surface area contributed by atoms with E-state index in [1.807, 2.05) is 62.4 Å². The van der Waals surface area contributed by atoms with Gasteiger partial charge in [0.15, 0.2) is 6.61 Å². The van der Waals surface area contributed by atoms with Crippen LogP contribution in [0.25, 0.3) is 0 Å². The minimum atomic E-state index is -0.367. The molecule has 0 spiro atoms. The van der Waals surface area contributed by atoms with E-state index >= 15 is 0 Å². The van der Waals surface area contributed by atoms with Crippen LogP contribution in [-0.2, 0) is 16.1 Å². The summed E-state index contributed by atoms with van der Waals surface area (Å²) in [4.78, 5) is 28.2. The normalized spacial score (nSPS) is 16.3. The summed E-state index contributed by atoms with van der Waals surface area (Å²) in [5.41, 5.74) is 2.71. The molecule has 1 unspecified atom stereocenters. The van der Waals surface area contributed by atoms with Crippen molar-refractivity contribution in [1.82, 2.24) is 5.32 Å². The van der Waals surface area contributed by atoms with Gasteiger partial charge in [0.25, 0.3) is 5.24 Å². The number of hydrogen-bond donors (Lipinski definition) is 1. The molecule has 1 aliphatic heterocycles. The molecule has 1 fully saturated rings. The topological polar surface area (TPSA) is 86.2 Å². The predicted octanol–water partition coefficient (Wildman–Crippen LogP) is 3.80. The molecule has 1 atom stereocenters. The number of oxime groups is 1. The maximum absolute atomic E-state index is 11.6. The van der Waals surface area contributed by atoms with Crippen molar-refractivity contribution in [3.63, 3.8) is 0 Å². The third-order valence-corrected chi connectivity index (χ3v) is 5.32. The Kier molecular flexibility index (Phi) is 7.73. The van der Waals surface area contributed by atoms with Gasteiger partial charge in [-0.1, -0.05) is 29.1 Å². The van der Waals surface area contributed by atoms with Gasteiger partial charge in [0, 0.05) is 0 Å². The quantitative estimate of drug-likeness (QED) is 0.352. The Balaban J connectivity index is 1.39. The van der Waals surface area contributed by atoms with Gasteiger partial charge in [0.2, 0.25) is 5.91 Å². The van der Waals surface area contributed by atoms with Gasteiger partial charge in [0.05, 0.1) is 17.6 Å². The molecule has 1 heterocycles. The number of nitrogens with one attached hydrogen (secondary N) is 1. The molecule has 2 amide bonds. The molecule has 3 rings (SSSR count). The molecule has 0 radical (unpaired) electrons. The van der Waals surface area contributed by atoms with Crippen LogP contribution in [0.15, 0.2) is 53.7 Å². The van der Waals surface area contributed by atoms with Gasteiger partial charge in [-0.3, -0.25) is 14.9 Å². The van der Waals surface area contributed by atoms with Crippen molar-refractivity contribution < 1.29 is 23.9 Å². The van der Waals surface area contributed by atoms with E-state index in [1.54, 1.807) is 0 Å². The van der Waals surface area contributed by atoms with Crippen LogP contribution in [-0.4, -0.2) is 41.9 Å². The average molecular weight is 429 g/mol. The van der Waals surface area contributed by atoms with Crippen molar-refractivity contribution in [3.8, 4) is 11.5 Å². The zero-order valence-corrected chi connectivity index (χ0v) is 17.7. The summed E-state index contributed by atoms with van der Waals surface area (Å²) < 4.78 is 11.1. The molecule has 0 aromatic heterocycles. The lowest BCUT2D eigenvalue weighted by Gasteiger charge is -2.08. The van der Waals surface area contributed by atoms with Crippen molar-refractivity contribution in [3.05, 3.63) is 59.7 Å². The van der Waals surface area contributed by atoms with E-state index < -0.39 is 0 Å². The first-order valence-electron chi connectivity index (χ1n) is 9.68. The third-order valence-electron chi connectivity index (χ3n) is 4.34. The average Bonchev–Trinajstić information content (AvgIpc) is 3.06. The maximum atomic E-state index is 11.6. The van der Waals surface area contributed by atoms with Crippen LogP contribution < -0.4 is 14.8 Å². The van der Waals surface area contributed by atoms with Gasteiger partial charge in [-0.05, 0) is 67.8 Å². The second kappa shape index (κ2) is 10.7. The van der Waals surface area contributed by atoms with Crippen LogP contribution in [0.3, 0.4) is 0 Å². The number of hydrogen-bond acceptors (Lipinski definition) is 7. The summed E-state index contributed by atoms with van der Waals surface area (Å²) >= 11 is 1.03. The number of thioether (sulfide) groups is 1. The van der Waals surface area contributed by atoms with Gasteiger partial charge < -0.3 is 14.3 Å². The van der Waals surface area contributed by atoms with Crippen molar-refractivity contribution in [2.45, 2.75) is 25.5 Å². The monoisotopic (exact) mass is 428 g/mol. The Labute approximate surface area is 179 Å². The summed E-state index contributed by atoms with van der Waals surface area (Å²) in [5, 5.41) is 5.76. The SMILES string of the molecule is CCOc1ccc(/C(C)=N\OCCOc2ccc(CC3SC(=O)NC3=O)cc2)cc1. The highest BCUT2D eigenvalue weighted by molar-refractivity contribution is 8.15. The number of carbonyl (C=O) groups excluding carboxylic acids is 2. The lowest BCUT2D eigenvalue weighted by atomic mass is 10.1. The molecule has 158 valence electrons. The zero-order valence-electron chi connectivity index (χ0n) is 16.9. The summed E-state index contributed by atoms with van der Waals surface area (Å²) in [6.07, 6.45) is 0.505. The number of nitrogens with zero attached hydrogens (tertiary/aromatic N) is 1. The number of amides is 2. The van der Waals surface area contributed by atoms with Gasteiger partial charge >= 0.3 is 0 Å². The fourth-order valence-corrected chi connectivity index (χ4v) is 3.67. The molecule has 1 N–H and O–H groups in total. The molecule has 0 aliphatic carbocycles. The molecule has 1 saturated heterocycles. The molecule has 7 nitrogen and oxygen atoms in total. The Morgan fingerprint density at radius 2 is 1.67 bits per heavy atom. The molecule has 2 aromatic carbocycles. The highest BCUT2D eigenvalue weighted by atomic mass is 32.2. The Bertz CT molecular complexity index is 897. The van der Waals surface area contributed by atoms with Gasteiger partial charge in [0.1, 0.15) is 18.1 Å². The fraction of sp³-hybridized carbons (Fsp3) is 0.318. The van der Waals surface area contributed by atoms with Crippen LogP contribution in [0.1, 0.15) is 25.0 Å². The van der Waals surface area contributed by atoms with Crippen molar-refractivity contribution in [1.29, 1.82) is 0 Å². The number of rotatable bonds is 10. The van der Waals surface area contributed by atoms with E-state index in [2.05, 4.69) is 10.5 Å². The number of benzene rings is 2. The van der Waals surface area contributed by atoms with Crippen LogP contribution in [0.2, 0.25) is 0 Å². The Morgan fingerprint density at radius 1 is 1.00 bits per heavy atom. The molecule has 30 heavy (non-hydrogen) atoms. The number of carbonyl (C=O) groups is 2. The smallest absolute Gasteiger partial charge is 0.286 e. The second-order valence-electron chi connectivity index (χ2n) is 6.55. The molecule has 8 heteroatoms. The molecule has 1 aliphatic rings. The Hall–Kier alpha value is -3.00. The first-order valence-corrected chi connectivity index (χ1v) is 10.6. The van der Waals surface area contributed by atoms with E-state index in [9.17, 15) is 9.59 Å². The van der Waals surface area contributed by atoms with Crippen LogP contribution >= 0.6 is 11.8 Å². The lowest BCUT2D eigenvalue weighted by Crippen LogP contribution is -2.25. The van der Waals surface area contributed by atoms with Gasteiger partial charge in [-0.2, -0.15) is 0 Å². The molecule has 2 aromatic rings. The van der Waals surface area contributed by atoms with Crippen LogP contribution in [0.5, 0.6) is 11.5 Å². The van der Waals surface area contributed by atoms with E-state index in [-0.39, 0.29) is 16.4 Å². The van der Waals surface area contributed by atoms with Crippen molar-refractivity contribution in [2.75, 3.05) is 19.8 Å². The summed E-state index contributed by atoms with van der Waals surface area (Å²) in [6.45, 7) is 5.14. The highest BCUT2D eigenvalue weighted by Crippen LogP contribution is 2.23. The summed E-state index contributed by atoms with van der Waals surface area (Å²) in [7, 11) is 0. The van der Waals surface area contributed by atoms with E-state index in [0.717, 1.165) is 34.3 Å². The number of ether oxygens (including phenoxy) is 2. The minimum Gasteiger partial charge on any atom is -0.494 e. The van der Waals surface area contributed by atoms with Crippen LogP contribution in [0.4, 0.5) is 4.79 Å². The van der Waals surface area contributed by atoms with E-state index in [4.69, 9.17) is 14.3 Å². The lowest BCUT2D eigenvalue weighted by molar-refractivity contribution is -0.118. The van der Waals surface area contributed by atoms with E-state index in [0.29, 0.717) is 32.0 Å². The second-order valence-corrected chi connectivity index (χ2v) is 7.72. The Morgan fingerprint density at radius 3 is 2.30 bits per heavy atom. The molecular formula is C22H24N2O5S. The van der Waals surface area contributed by atoms with Gasteiger partial charge in [-0.25, -0.2) is 0 Å². The first kappa shape index (κ1) is 21.7. The summed E-state index contributed by atoms with van der Waals surface area (Å²) in [6, 6.07) is 15.1. The zero-order chi connectivity index (χ0) is 21.3. The molecule has 0 saturated carbocycles. The highest BCUT2D eigenvalue weighted by Gasteiger charge is 2.31. The number of imide groups is 1.